The zero-order valence-electron chi connectivity index (χ0n) is 14.8. The molecule has 4 nitrogen and oxygen atoms in total. The molecule has 0 fully saturated rings. The van der Waals surface area contributed by atoms with E-state index in [0.717, 1.165) is 15.7 Å². The molecule has 0 aliphatic heterocycles. The molecule has 27 heavy (non-hydrogen) atoms. The molecule has 0 saturated carbocycles. The van der Waals surface area contributed by atoms with Crippen LogP contribution in [0.2, 0.25) is 0 Å². The molecule has 3 aromatic rings. The number of amides is 2. The number of fused-ring (bicyclic) bond motifs is 1. The van der Waals surface area contributed by atoms with Crippen molar-refractivity contribution in [1.82, 2.24) is 4.90 Å². The van der Waals surface area contributed by atoms with Crippen molar-refractivity contribution in [2.75, 3.05) is 24.7 Å². The topological polar surface area (TPSA) is 49.4 Å². The third kappa shape index (κ3) is 5.31. The van der Waals surface area contributed by atoms with Gasteiger partial charge in [0.25, 0.3) is 0 Å². The zero-order valence-corrected chi connectivity index (χ0v) is 15.6. The number of halogens is 1. The average molecular weight is 382 g/mol. The van der Waals surface area contributed by atoms with Gasteiger partial charge in [-0.3, -0.25) is 9.59 Å². The summed E-state index contributed by atoms with van der Waals surface area (Å²) in [5.41, 5.74) is 0.367. The van der Waals surface area contributed by atoms with Gasteiger partial charge in [-0.2, -0.15) is 0 Å². The minimum Gasteiger partial charge on any atom is -0.336 e. The number of benzene rings is 3. The molecule has 0 aromatic heterocycles. The smallest absolute Gasteiger partial charge is 0.243 e. The largest absolute Gasteiger partial charge is 0.336 e. The molecular weight excluding hydrogens is 363 g/mol. The first-order valence-corrected chi connectivity index (χ1v) is 9.41. The lowest BCUT2D eigenvalue weighted by molar-refractivity contribution is -0.131. The van der Waals surface area contributed by atoms with Crippen LogP contribution < -0.4 is 5.32 Å². The molecule has 138 valence electrons. The van der Waals surface area contributed by atoms with Crippen molar-refractivity contribution in [2.24, 2.45) is 0 Å². The highest BCUT2D eigenvalue weighted by atomic mass is 32.2. The quantitative estimate of drug-likeness (QED) is 0.651. The van der Waals surface area contributed by atoms with Gasteiger partial charge in [-0.15, -0.1) is 11.8 Å². The van der Waals surface area contributed by atoms with E-state index in [1.165, 1.54) is 34.9 Å². The van der Waals surface area contributed by atoms with E-state index in [1.54, 1.807) is 13.1 Å². The Bertz CT molecular complexity index is 977. The van der Waals surface area contributed by atoms with Gasteiger partial charge >= 0.3 is 0 Å². The van der Waals surface area contributed by atoms with E-state index in [-0.39, 0.29) is 24.1 Å². The van der Waals surface area contributed by atoms with Crippen LogP contribution in [0.25, 0.3) is 10.8 Å². The molecule has 0 bridgehead atoms. The van der Waals surface area contributed by atoms with Crippen LogP contribution in [0.4, 0.5) is 10.1 Å². The molecule has 0 spiro atoms. The van der Waals surface area contributed by atoms with Gasteiger partial charge in [0, 0.05) is 17.6 Å². The number of nitrogens with zero attached hydrogens (tertiary/aromatic N) is 1. The second-order valence-corrected chi connectivity index (χ2v) is 7.15. The predicted molar refractivity (Wildman–Crippen MR) is 107 cm³/mol. The Kier molecular flexibility index (Phi) is 6.08. The minimum atomic E-state index is -0.427. The van der Waals surface area contributed by atoms with Gasteiger partial charge in [-0.25, -0.2) is 4.39 Å². The molecule has 0 heterocycles. The Morgan fingerprint density at radius 2 is 1.78 bits per heavy atom. The minimum absolute atomic E-state index is 0.0897. The van der Waals surface area contributed by atoms with Crippen molar-refractivity contribution in [3.8, 4) is 0 Å². The number of anilines is 1. The second-order valence-electron chi connectivity index (χ2n) is 6.11. The maximum Gasteiger partial charge on any atom is 0.243 e. The molecule has 0 aliphatic carbocycles. The summed E-state index contributed by atoms with van der Waals surface area (Å²) in [6.45, 7) is -0.0897. The highest BCUT2D eigenvalue weighted by molar-refractivity contribution is 8.00. The second kappa shape index (κ2) is 8.68. The number of hydrogen-bond acceptors (Lipinski definition) is 3. The SMILES string of the molecule is CN(CC(=O)Nc1cccc(F)c1)C(=O)CSc1ccc2ccccc2c1. The maximum atomic E-state index is 13.1. The van der Waals surface area contributed by atoms with Crippen LogP contribution in [0.3, 0.4) is 0 Å². The maximum absolute atomic E-state index is 13.1. The summed E-state index contributed by atoms with van der Waals surface area (Å²) < 4.78 is 13.1. The number of likely N-dealkylation sites (N-methyl/N-ethyl adjacent to an activating group) is 1. The van der Waals surface area contributed by atoms with E-state index in [0.29, 0.717) is 5.69 Å². The summed E-state index contributed by atoms with van der Waals surface area (Å²) >= 11 is 1.43. The summed E-state index contributed by atoms with van der Waals surface area (Å²) in [4.78, 5) is 26.7. The summed E-state index contributed by atoms with van der Waals surface area (Å²) in [6, 6.07) is 19.7. The summed E-state index contributed by atoms with van der Waals surface area (Å²) in [5, 5.41) is 4.86. The first-order chi connectivity index (χ1) is 13.0. The lowest BCUT2D eigenvalue weighted by atomic mass is 10.1. The third-order valence-corrected chi connectivity index (χ3v) is 4.98. The molecule has 3 aromatic carbocycles. The van der Waals surface area contributed by atoms with Crippen molar-refractivity contribution in [1.29, 1.82) is 0 Å². The van der Waals surface area contributed by atoms with Gasteiger partial charge in [0.2, 0.25) is 11.8 Å². The molecule has 0 unspecified atom stereocenters. The fourth-order valence-corrected chi connectivity index (χ4v) is 3.47. The molecule has 2 amide bonds. The van der Waals surface area contributed by atoms with Crippen LogP contribution in [0.1, 0.15) is 0 Å². The Hall–Kier alpha value is -2.86. The predicted octanol–water partition coefficient (Wildman–Crippen LogP) is 4.17. The highest BCUT2D eigenvalue weighted by Crippen LogP contribution is 2.23. The lowest BCUT2D eigenvalue weighted by Gasteiger charge is -2.16. The molecule has 6 heteroatoms. The number of carbonyl (C=O) groups excluding carboxylic acids is 2. The summed E-state index contributed by atoms with van der Waals surface area (Å²) in [6.07, 6.45) is 0. The molecule has 0 atom stereocenters. The van der Waals surface area contributed by atoms with Crippen molar-refractivity contribution in [3.05, 3.63) is 72.5 Å². The Balaban J connectivity index is 1.51. The normalized spacial score (nSPS) is 10.6. The third-order valence-electron chi connectivity index (χ3n) is 4.00. The number of hydrogen-bond donors (Lipinski definition) is 1. The molecular formula is C21H19FN2O2S. The van der Waals surface area contributed by atoms with Crippen LogP contribution in [-0.4, -0.2) is 36.1 Å². The van der Waals surface area contributed by atoms with E-state index in [2.05, 4.69) is 5.32 Å². The van der Waals surface area contributed by atoms with E-state index in [4.69, 9.17) is 0 Å². The average Bonchev–Trinajstić information content (AvgIpc) is 2.65. The number of carbonyl (C=O) groups is 2. The van der Waals surface area contributed by atoms with Gasteiger partial charge in [-0.1, -0.05) is 36.4 Å². The van der Waals surface area contributed by atoms with E-state index in [1.807, 2.05) is 42.5 Å². The zero-order chi connectivity index (χ0) is 19.2. The van der Waals surface area contributed by atoms with Gasteiger partial charge in [-0.05, 0) is 41.1 Å². The van der Waals surface area contributed by atoms with Crippen molar-refractivity contribution >= 4 is 40.0 Å². The Labute approximate surface area is 161 Å². The number of thioether (sulfide) groups is 1. The lowest BCUT2D eigenvalue weighted by Crippen LogP contribution is -2.35. The molecule has 0 aliphatic rings. The number of rotatable bonds is 6. The fourth-order valence-electron chi connectivity index (χ4n) is 2.58. The Morgan fingerprint density at radius 1 is 1.00 bits per heavy atom. The first kappa shape index (κ1) is 18.9. The van der Waals surface area contributed by atoms with Crippen molar-refractivity contribution in [3.63, 3.8) is 0 Å². The first-order valence-electron chi connectivity index (χ1n) is 8.42. The number of nitrogens with one attached hydrogen (secondary N) is 1. The summed E-state index contributed by atoms with van der Waals surface area (Å²) in [7, 11) is 1.58. The van der Waals surface area contributed by atoms with Gasteiger partial charge in [0.15, 0.2) is 0 Å². The van der Waals surface area contributed by atoms with Crippen LogP contribution in [0.15, 0.2) is 71.6 Å². The van der Waals surface area contributed by atoms with E-state index in [9.17, 15) is 14.0 Å². The van der Waals surface area contributed by atoms with Gasteiger partial charge in [0.05, 0.1) is 12.3 Å². The molecule has 3 rings (SSSR count). The monoisotopic (exact) mass is 382 g/mol. The van der Waals surface area contributed by atoms with Crippen LogP contribution in [0.5, 0.6) is 0 Å². The van der Waals surface area contributed by atoms with Crippen molar-refractivity contribution < 1.29 is 14.0 Å². The van der Waals surface area contributed by atoms with Crippen LogP contribution in [0, 0.1) is 5.82 Å². The van der Waals surface area contributed by atoms with E-state index < -0.39 is 5.82 Å². The Morgan fingerprint density at radius 3 is 2.56 bits per heavy atom. The van der Waals surface area contributed by atoms with Crippen LogP contribution in [-0.2, 0) is 9.59 Å². The summed E-state index contributed by atoms with van der Waals surface area (Å²) in [5.74, 6) is -0.707. The molecule has 1 N–H and O–H groups in total. The van der Waals surface area contributed by atoms with Gasteiger partial charge < -0.3 is 10.2 Å². The standard InChI is InChI=1S/C21H19FN2O2S/c1-24(13-20(25)23-18-8-4-7-17(22)12-18)21(26)14-27-19-10-9-15-5-2-3-6-16(15)11-19/h2-12H,13-14H2,1H3,(H,23,25). The highest BCUT2D eigenvalue weighted by Gasteiger charge is 2.14. The van der Waals surface area contributed by atoms with Crippen molar-refractivity contribution in [2.45, 2.75) is 4.90 Å². The fraction of sp³-hybridized carbons (Fsp3) is 0.143. The van der Waals surface area contributed by atoms with E-state index >= 15 is 0 Å². The van der Waals surface area contributed by atoms with Crippen LogP contribution >= 0.6 is 11.8 Å². The molecule has 0 saturated heterocycles. The van der Waals surface area contributed by atoms with Gasteiger partial charge in [0.1, 0.15) is 5.82 Å². The molecule has 0 radical (unpaired) electrons.